The van der Waals surface area contributed by atoms with Gasteiger partial charge in [0, 0.05) is 11.5 Å². The van der Waals surface area contributed by atoms with E-state index in [0.29, 0.717) is 0 Å². The third-order valence-corrected chi connectivity index (χ3v) is 6.83. The lowest BCUT2D eigenvalue weighted by molar-refractivity contribution is -0.144. The predicted molar refractivity (Wildman–Crippen MR) is 150 cm³/mol. The zero-order valence-corrected chi connectivity index (χ0v) is 26.3. The normalized spacial score (nSPS) is 14.3. The highest BCUT2D eigenvalue weighted by molar-refractivity contribution is 8.76. The van der Waals surface area contributed by atoms with Crippen LogP contribution in [0.25, 0.3) is 0 Å². The van der Waals surface area contributed by atoms with E-state index in [-0.39, 0.29) is 11.5 Å². The first-order valence-electron chi connectivity index (χ1n) is 12.3. The number of nitrogens with one attached hydrogen (secondary N) is 4. The predicted octanol–water partition coefficient (Wildman–Crippen LogP) is 1.51. The van der Waals surface area contributed by atoms with Crippen molar-refractivity contribution in [3.63, 3.8) is 0 Å². The largest absolute Gasteiger partial charge is 0.467 e. The molecule has 0 rings (SSSR count). The molecule has 16 heteroatoms. The molecule has 0 spiro atoms. The summed E-state index contributed by atoms with van der Waals surface area (Å²) in [4.78, 5) is 73.3. The molecule has 0 fully saturated rings. The summed E-state index contributed by atoms with van der Waals surface area (Å²) in [6.07, 6.45) is -1.58. The minimum absolute atomic E-state index is 0.0423. The Kier molecular flexibility index (Phi) is 15.8. The Morgan fingerprint density at radius 3 is 1.15 bits per heavy atom. The van der Waals surface area contributed by atoms with Gasteiger partial charge in [-0.25, -0.2) is 19.2 Å². The molecule has 0 aliphatic heterocycles. The maximum Gasteiger partial charge on any atom is 0.408 e. The molecule has 14 nitrogen and oxygen atoms in total. The number of hydrogen-bond acceptors (Lipinski definition) is 12. The lowest BCUT2D eigenvalue weighted by atomic mass is 10.2. The second kappa shape index (κ2) is 17.0. The molecule has 0 bridgehead atoms. The summed E-state index contributed by atoms with van der Waals surface area (Å²) in [5.41, 5.74) is -1.51. The van der Waals surface area contributed by atoms with Gasteiger partial charge in [0.1, 0.15) is 35.4 Å². The van der Waals surface area contributed by atoms with Crippen molar-refractivity contribution < 1.29 is 47.7 Å². The van der Waals surface area contributed by atoms with Crippen LogP contribution in [0.4, 0.5) is 9.59 Å². The molecule has 0 radical (unpaired) electrons. The Hall–Kier alpha value is -2.88. The molecule has 230 valence electrons. The summed E-state index contributed by atoms with van der Waals surface area (Å²) >= 11 is 0. The van der Waals surface area contributed by atoms with Crippen LogP contribution < -0.4 is 21.3 Å². The highest BCUT2D eigenvalue weighted by atomic mass is 33.1. The van der Waals surface area contributed by atoms with Gasteiger partial charge < -0.3 is 40.2 Å². The van der Waals surface area contributed by atoms with Crippen LogP contribution in [-0.4, -0.2) is 97.0 Å². The lowest BCUT2D eigenvalue weighted by Gasteiger charge is -2.23. The summed E-state index contributed by atoms with van der Waals surface area (Å²) in [7, 11) is 4.59. The number of esters is 2. The fourth-order valence-electron chi connectivity index (χ4n) is 2.55. The first-order chi connectivity index (χ1) is 18.3. The molecular formula is C24H42N4O10S2. The molecule has 0 saturated heterocycles. The van der Waals surface area contributed by atoms with Gasteiger partial charge in [-0.1, -0.05) is 21.6 Å². The summed E-state index contributed by atoms with van der Waals surface area (Å²) in [6.45, 7) is 12.9. The van der Waals surface area contributed by atoms with Crippen molar-refractivity contribution in [1.29, 1.82) is 0 Å². The number of carbonyl (C=O) groups is 6. The van der Waals surface area contributed by atoms with Gasteiger partial charge in [-0.3, -0.25) is 9.59 Å². The van der Waals surface area contributed by atoms with Crippen LogP contribution in [0.2, 0.25) is 0 Å². The van der Waals surface area contributed by atoms with Crippen molar-refractivity contribution in [3.05, 3.63) is 0 Å². The molecule has 0 aliphatic carbocycles. The van der Waals surface area contributed by atoms with Crippen molar-refractivity contribution in [1.82, 2.24) is 21.3 Å². The Morgan fingerprint density at radius 1 is 0.600 bits per heavy atom. The minimum atomic E-state index is -1.07. The van der Waals surface area contributed by atoms with Crippen molar-refractivity contribution in [2.24, 2.45) is 0 Å². The number of methoxy groups -OCH3 is 2. The van der Waals surface area contributed by atoms with Gasteiger partial charge in [0.25, 0.3) is 0 Å². The van der Waals surface area contributed by atoms with Crippen LogP contribution in [0.5, 0.6) is 0 Å². The van der Waals surface area contributed by atoms with Crippen molar-refractivity contribution in [2.45, 2.75) is 90.8 Å². The van der Waals surface area contributed by atoms with Crippen molar-refractivity contribution in [2.75, 3.05) is 25.7 Å². The Bertz CT molecular complexity index is 833. The maximum absolute atomic E-state index is 12.5. The highest BCUT2D eigenvalue weighted by Crippen LogP contribution is 2.24. The van der Waals surface area contributed by atoms with E-state index >= 15 is 0 Å². The summed E-state index contributed by atoms with van der Waals surface area (Å²) in [5, 5.41) is 9.79. The number of hydrogen-bond donors (Lipinski definition) is 4. The smallest absolute Gasteiger partial charge is 0.408 e. The summed E-state index contributed by atoms with van der Waals surface area (Å²) < 4.78 is 19.7. The lowest BCUT2D eigenvalue weighted by Crippen LogP contribution is -2.52. The molecule has 40 heavy (non-hydrogen) atoms. The van der Waals surface area contributed by atoms with E-state index in [2.05, 4.69) is 21.3 Å². The summed E-state index contributed by atoms with van der Waals surface area (Å²) in [5.74, 6) is -2.63. The van der Waals surface area contributed by atoms with Gasteiger partial charge in [0.2, 0.25) is 11.8 Å². The fraction of sp³-hybridized carbons (Fsp3) is 0.750. The molecule has 4 amide bonds. The molecule has 0 aliphatic rings. The second-order valence-corrected chi connectivity index (χ2v) is 13.0. The maximum atomic E-state index is 12.5. The monoisotopic (exact) mass is 610 g/mol. The molecule has 0 aromatic rings. The topological polar surface area (TPSA) is 187 Å². The second-order valence-electron chi connectivity index (χ2n) is 10.5. The molecule has 4 N–H and O–H groups in total. The van der Waals surface area contributed by atoms with Crippen LogP contribution in [0.15, 0.2) is 0 Å². The number of amides is 4. The minimum Gasteiger partial charge on any atom is -0.467 e. The third-order valence-electron chi connectivity index (χ3n) is 4.41. The average Bonchev–Trinajstić information content (AvgIpc) is 2.80. The number of ether oxygens (including phenoxy) is 4. The zero-order valence-electron chi connectivity index (χ0n) is 24.6. The van der Waals surface area contributed by atoms with Crippen molar-refractivity contribution >= 4 is 57.5 Å². The van der Waals surface area contributed by atoms with Crippen LogP contribution in [-0.2, 0) is 38.1 Å². The Labute approximate surface area is 242 Å². The molecule has 0 unspecified atom stereocenters. The van der Waals surface area contributed by atoms with E-state index in [1.165, 1.54) is 13.8 Å². The van der Waals surface area contributed by atoms with Crippen LogP contribution >= 0.6 is 21.6 Å². The van der Waals surface area contributed by atoms with Gasteiger partial charge in [0.05, 0.1) is 14.2 Å². The first-order valence-corrected chi connectivity index (χ1v) is 14.8. The van der Waals surface area contributed by atoms with Crippen LogP contribution in [0.1, 0.15) is 55.4 Å². The molecule has 0 heterocycles. The van der Waals surface area contributed by atoms with E-state index < -0.39 is 71.3 Å². The average molecular weight is 611 g/mol. The molecule has 4 atom stereocenters. The van der Waals surface area contributed by atoms with E-state index in [1.807, 2.05) is 0 Å². The fourth-order valence-corrected chi connectivity index (χ4v) is 4.84. The Balaban J connectivity index is 4.99. The highest BCUT2D eigenvalue weighted by Gasteiger charge is 2.29. The Morgan fingerprint density at radius 2 is 0.900 bits per heavy atom. The SMILES string of the molecule is COC(=O)[C@H](CSSC[C@H](NC(=O)[C@H](C)NC(=O)OC(C)(C)C)C(=O)OC)NC(=O)[C@H](C)NC(=O)OC(C)(C)C. The zero-order chi connectivity index (χ0) is 31.3. The molecule has 0 aromatic heterocycles. The number of alkyl carbamates (subject to hydrolysis) is 2. The van der Waals surface area contributed by atoms with Gasteiger partial charge in [0.15, 0.2) is 0 Å². The molecule has 0 aromatic carbocycles. The van der Waals surface area contributed by atoms with E-state index in [9.17, 15) is 28.8 Å². The van der Waals surface area contributed by atoms with Gasteiger partial charge in [-0.2, -0.15) is 0 Å². The van der Waals surface area contributed by atoms with Crippen molar-refractivity contribution in [3.8, 4) is 0 Å². The quantitative estimate of drug-likeness (QED) is 0.102. The van der Waals surface area contributed by atoms with E-state index in [0.717, 1.165) is 35.8 Å². The first kappa shape index (κ1) is 37.1. The van der Waals surface area contributed by atoms with Crippen LogP contribution in [0.3, 0.4) is 0 Å². The van der Waals surface area contributed by atoms with E-state index in [1.54, 1.807) is 41.5 Å². The third kappa shape index (κ3) is 16.3. The number of rotatable bonds is 13. The standard InChI is InChI=1S/C24H42N4O10S2/c1-13(25-21(33)37-23(3,4)5)17(29)27-15(19(31)35-9)11-39-40-12-16(20(32)36-10)28-18(30)14(2)26-22(34)38-24(6,7)8/h13-16H,11-12H2,1-10H3,(H,25,33)(H,26,34)(H,27,29)(H,28,30)/t13-,14-,15-,16-/m0/s1. The van der Waals surface area contributed by atoms with Gasteiger partial charge in [-0.05, 0) is 55.4 Å². The summed E-state index contributed by atoms with van der Waals surface area (Å²) in [6, 6.07) is -4.14. The van der Waals surface area contributed by atoms with Crippen LogP contribution in [0, 0.1) is 0 Å². The van der Waals surface area contributed by atoms with E-state index in [4.69, 9.17) is 18.9 Å². The molecular weight excluding hydrogens is 568 g/mol. The molecule has 0 saturated carbocycles. The van der Waals surface area contributed by atoms with Gasteiger partial charge >= 0.3 is 24.1 Å². The number of carbonyl (C=O) groups excluding carboxylic acids is 6. The van der Waals surface area contributed by atoms with Gasteiger partial charge in [-0.15, -0.1) is 0 Å².